The Bertz CT molecular complexity index is 1090. The number of nitrogens with zero attached hydrogens (tertiary/aromatic N) is 1. The van der Waals surface area contributed by atoms with Crippen LogP contribution in [0.1, 0.15) is 16.7 Å². The number of hydrogen-bond acceptors (Lipinski definition) is 4. The van der Waals surface area contributed by atoms with Gasteiger partial charge in [0.2, 0.25) is 0 Å². The van der Waals surface area contributed by atoms with E-state index in [9.17, 15) is 8.42 Å². The van der Waals surface area contributed by atoms with E-state index in [1.165, 1.54) is 11.4 Å². The van der Waals surface area contributed by atoms with Gasteiger partial charge in [0.1, 0.15) is 0 Å². The second-order valence-corrected chi connectivity index (χ2v) is 8.72. The molecule has 29 heavy (non-hydrogen) atoms. The molecule has 0 bridgehead atoms. The summed E-state index contributed by atoms with van der Waals surface area (Å²) in [5.74, 6) is 1.01. The summed E-state index contributed by atoms with van der Waals surface area (Å²) >= 11 is 0. The largest absolute Gasteiger partial charge is 0.493 e. The molecule has 0 radical (unpaired) electrons. The van der Waals surface area contributed by atoms with Crippen LogP contribution in [-0.2, 0) is 16.6 Å². The van der Waals surface area contributed by atoms with E-state index >= 15 is 0 Å². The van der Waals surface area contributed by atoms with Gasteiger partial charge in [0.05, 0.1) is 31.3 Å². The van der Waals surface area contributed by atoms with Crippen LogP contribution in [0.25, 0.3) is 0 Å². The summed E-state index contributed by atoms with van der Waals surface area (Å²) in [6.45, 7) is 4.11. The van der Waals surface area contributed by atoms with E-state index in [4.69, 9.17) is 9.47 Å². The van der Waals surface area contributed by atoms with Crippen molar-refractivity contribution in [1.82, 2.24) is 0 Å². The van der Waals surface area contributed by atoms with Crippen LogP contribution in [0.15, 0.2) is 71.6 Å². The smallest absolute Gasteiger partial charge is 0.264 e. The van der Waals surface area contributed by atoms with Gasteiger partial charge >= 0.3 is 0 Å². The van der Waals surface area contributed by atoms with Crippen LogP contribution in [0.4, 0.5) is 5.69 Å². The number of ether oxygens (including phenoxy) is 2. The maximum absolute atomic E-state index is 13.5. The Balaban J connectivity index is 2.12. The first kappa shape index (κ1) is 20.7. The number of sulfonamides is 1. The highest BCUT2D eigenvalue weighted by Crippen LogP contribution is 2.34. The summed E-state index contributed by atoms with van der Waals surface area (Å²) in [6.07, 6.45) is 0. The number of methoxy groups -OCH3 is 2. The Morgan fingerprint density at radius 2 is 1.48 bits per heavy atom. The molecule has 0 amide bonds. The molecule has 3 aromatic carbocycles. The molecule has 0 aliphatic rings. The lowest BCUT2D eigenvalue weighted by molar-refractivity contribution is 0.355. The molecule has 0 saturated carbocycles. The highest BCUT2D eigenvalue weighted by molar-refractivity contribution is 7.92. The van der Waals surface area contributed by atoms with E-state index < -0.39 is 10.0 Å². The molecule has 152 valence electrons. The fourth-order valence-electron chi connectivity index (χ4n) is 3.11. The van der Waals surface area contributed by atoms with E-state index in [-0.39, 0.29) is 11.4 Å². The molecule has 0 heterocycles. The molecule has 0 fully saturated rings. The van der Waals surface area contributed by atoms with Gasteiger partial charge in [-0.25, -0.2) is 8.42 Å². The summed E-state index contributed by atoms with van der Waals surface area (Å²) in [4.78, 5) is 0.241. The third-order valence-electron chi connectivity index (χ3n) is 4.67. The van der Waals surface area contributed by atoms with Crippen LogP contribution in [0.3, 0.4) is 0 Å². The predicted octanol–water partition coefficient (Wildman–Crippen LogP) is 4.72. The number of hydrogen-bond donors (Lipinski definition) is 0. The van der Waals surface area contributed by atoms with Crippen LogP contribution in [0.2, 0.25) is 0 Å². The Morgan fingerprint density at radius 3 is 2.10 bits per heavy atom. The topological polar surface area (TPSA) is 55.8 Å². The third-order valence-corrected chi connectivity index (χ3v) is 6.46. The van der Waals surface area contributed by atoms with Crippen LogP contribution in [0, 0.1) is 13.8 Å². The van der Waals surface area contributed by atoms with E-state index in [2.05, 4.69) is 0 Å². The molecule has 5 nitrogen and oxygen atoms in total. The molecule has 6 heteroatoms. The normalized spacial score (nSPS) is 11.2. The van der Waals surface area contributed by atoms with E-state index in [1.54, 1.807) is 49.6 Å². The average molecular weight is 412 g/mol. The van der Waals surface area contributed by atoms with Gasteiger partial charge in [0.25, 0.3) is 10.0 Å². The average Bonchev–Trinajstić information content (AvgIpc) is 2.71. The lowest BCUT2D eigenvalue weighted by atomic mass is 10.1. The minimum absolute atomic E-state index is 0.202. The van der Waals surface area contributed by atoms with Crippen molar-refractivity contribution in [3.63, 3.8) is 0 Å². The van der Waals surface area contributed by atoms with E-state index in [1.807, 2.05) is 38.1 Å². The van der Waals surface area contributed by atoms with Gasteiger partial charge < -0.3 is 9.47 Å². The zero-order chi connectivity index (χ0) is 21.0. The van der Waals surface area contributed by atoms with Crippen molar-refractivity contribution in [3.8, 4) is 11.5 Å². The summed E-state index contributed by atoms with van der Waals surface area (Å²) in [7, 11) is -0.714. The van der Waals surface area contributed by atoms with Gasteiger partial charge in [-0.1, -0.05) is 47.5 Å². The van der Waals surface area contributed by atoms with Crippen molar-refractivity contribution in [2.75, 3.05) is 18.5 Å². The lowest BCUT2D eigenvalue weighted by Gasteiger charge is -2.26. The van der Waals surface area contributed by atoms with Crippen molar-refractivity contribution >= 4 is 15.7 Å². The first-order valence-electron chi connectivity index (χ1n) is 9.22. The van der Waals surface area contributed by atoms with Crippen LogP contribution in [-0.4, -0.2) is 22.6 Å². The Labute approximate surface area is 172 Å². The first-order chi connectivity index (χ1) is 13.8. The standard InChI is InChI=1S/C23H25NO4S/c1-17-8-11-21(12-9-17)29(25,26)24(16-19-7-5-6-18(2)14-19)20-10-13-22(27-3)23(15-20)28-4/h5-15H,16H2,1-4H3. The minimum Gasteiger partial charge on any atom is -0.493 e. The van der Waals surface area contributed by atoms with Gasteiger partial charge in [-0.2, -0.15) is 0 Å². The number of benzene rings is 3. The Kier molecular flexibility index (Phi) is 6.13. The molecule has 0 saturated heterocycles. The molecule has 0 aliphatic heterocycles. The van der Waals surface area contributed by atoms with Gasteiger partial charge in [0.15, 0.2) is 11.5 Å². The van der Waals surface area contributed by atoms with Crippen molar-refractivity contribution in [3.05, 3.63) is 83.4 Å². The Hall–Kier alpha value is -2.99. The van der Waals surface area contributed by atoms with Crippen molar-refractivity contribution in [2.24, 2.45) is 0 Å². The number of rotatable bonds is 7. The molecule has 0 unspecified atom stereocenters. The van der Waals surface area contributed by atoms with Crippen LogP contribution < -0.4 is 13.8 Å². The van der Waals surface area contributed by atoms with Gasteiger partial charge in [-0.3, -0.25) is 4.31 Å². The van der Waals surface area contributed by atoms with Gasteiger partial charge in [-0.15, -0.1) is 0 Å². The molecule has 0 aliphatic carbocycles. The second kappa shape index (κ2) is 8.57. The molecule has 3 rings (SSSR count). The lowest BCUT2D eigenvalue weighted by Crippen LogP contribution is -2.30. The maximum atomic E-state index is 13.5. The highest BCUT2D eigenvalue weighted by Gasteiger charge is 2.26. The minimum atomic E-state index is -3.79. The van der Waals surface area contributed by atoms with Gasteiger partial charge in [0, 0.05) is 6.07 Å². The molecular formula is C23H25NO4S. The molecule has 0 atom stereocenters. The molecule has 3 aromatic rings. The highest BCUT2D eigenvalue weighted by atomic mass is 32.2. The fraction of sp³-hybridized carbons (Fsp3) is 0.217. The first-order valence-corrected chi connectivity index (χ1v) is 10.7. The third kappa shape index (κ3) is 4.54. The maximum Gasteiger partial charge on any atom is 0.264 e. The quantitative estimate of drug-likeness (QED) is 0.565. The Morgan fingerprint density at radius 1 is 0.793 bits per heavy atom. The SMILES string of the molecule is COc1ccc(N(Cc2cccc(C)c2)S(=O)(=O)c2ccc(C)cc2)cc1OC. The summed E-state index contributed by atoms with van der Waals surface area (Å²) < 4.78 is 39.2. The summed E-state index contributed by atoms with van der Waals surface area (Å²) in [6, 6.07) is 19.8. The number of anilines is 1. The van der Waals surface area contributed by atoms with E-state index in [0.29, 0.717) is 17.2 Å². The zero-order valence-corrected chi connectivity index (χ0v) is 17.9. The van der Waals surface area contributed by atoms with Crippen molar-refractivity contribution in [2.45, 2.75) is 25.3 Å². The fourth-order valence-corrected chi connectivity index (χ4v) is 4.55. The monoisotopic (exact) mass is 411 g/mol. The van der Waals surface area contributed by atoms with Crippen molar-refractivity contribution < 1.29 is 17.9 Å². The molecular weight excluding hydrogens is 386 g/mol. The summed E-state index contributed by atoms with van der Waals surface area (Å²) in [5, 5.41) is 0. The van der Waals surface area contributed by atoms with Crippen LogP contribution in [0.5, 0.6) is 11.5 Å². The summed E-state index contributed by atoms with van der Waals surface area (Å²) in [5.41, 5.74) is 3.47. The number of aryl methyl sites for hydroxylation is 2. The predicted molar refractivity (Wildman–Crippen MR) is 115 cm³/mol. The van der Waals surface area contributed by atoms with Crippen molar-refractivity contribution in [1.29, 1.82) is 0 Å². The second-order valence-electron chi connectivity index (χ2n) is 6.85. The zero-order valence-electron chi connectivity index (χ0n) is 17.0. The van der Waals surface area contributed by atoms with E-state index in [0.717, 1.165) is 16.7 Å². The molecule has 0 spiro atoms. The molecule has 0 N–H and O–H groups in total. The van der Waals surface area contributed by atoms with Crippen LogP contribution >= 0.6 is 0 Å². The molecule has 0 aromatic heterocycles. The van der Waals surface area contributed by atoms with Gasteiger partial charge in [-0.05, 0) is 43.7 Å².